The summed E-state index contributed by atoms with van der Waals surface area (Å²) < 4.78 is 27.1. The second kappa shape index (κ2) is 7.96. The number of nitrogens with zero attached hydrogens (tertiary/aromatic N) is 2. The van der Waals surface area contributed by atoms with Gasteiger partial charge in [0.15, 0.2) is 0 Å². The lowest BCUT2D eigenvalue weighted by Gasteiger charge is -2.29. The predicted molar refractivity (Wildman–Crippen MR) is 111 cm³/mol. The summed E-state index contributed by atoms with van der Waals surface area (Å²) in [6, 6.07) is 13.8. The van der Waals surface area contributed by atoms with Crippen molar-refractivity contribution in [2.24, 2.45) is 5.92 Å². The summed E-state index contributed by atoms with van der Waals surface area (Å²) in [6.07, 6.45) is 1.75. The molecule has 152 valence electrons. The molecule has 8 heteroatoms. The van der Waals surface area contributed by atoms with E-state index in [0.29, 0.717) is 30.4 Å². The number of aromatic amines is 1. The van der Waals surface area contributed by atoms with Gasteiger partial charge < -0.3 is 10.3 Å². The molecule has 0 bridgehead atoms. The quantitative estimate of drug-likeness (QED) is 0.674. The molecule has 4 rings (SSSR count). The molecule has 0 aliphatic carbocycles. The van der Waals surface area contributed by atoms with Crippen molar-refractivity contribution < 1.29 is 13.2 Å². The maximum Gasteiger partial charge on any atom is 0.251 e. The minimum Gasteiger partial charge on any atom is -0.345 e. The highest BCUT2D eigenvalue weighted by Gasteiger charge is 2.28. The third-order valence-electron chi connectivity index (χ3n) is 5.35. The normalized spacial score (nSPS) is 16.2. The highest BCUT2D eigenvalue weighted by atomic mass is 32.2. The van der Waals surface area contributed by atoms with Crippen LogP contribution in [0.2, 0.25) is 0 Å². The van der Waals surface area contributed by atoms with Crippen LogP contribution in [0.5, 0.6) is 0 Å². The van der Waals surface area contributed by atoms with Gasteiger partial charge in [0.1, 0.15) is 5.82 Å². The fourth-order valence-corrected chi connectivity index (χ4v) is 4.98. The molecule has 2 N–H and O–H groups in total. The molecule has 2 heterocycles. The average Bonchev–Trinajstić information content (AvgIpc) is 3.15. The summed E-state index contributed by atoms with van der Waals surface area (Å²) in [5.74, 6) is 0.943. The minimum atomic E-state index is -3.51. The summed E-state index contributed by atoms with van der Waals surface area (Å²) in [7, 11) is -3.51. The molecule has 7 nitrogen and oxygen atoms in total. The van der Waals surface area contributed by atoms with Gasteiger partial charge in [-0.3, -0.25) is 4.79 Å². The molecular weight excluding hydrogens is 388 g/mol. The molecule has 0 spiro atoms. The van der Waals surface area contributed by atoms with Gasteiger partial charge in [0.25, 0.3) is 5.91 Å². The van der Waals surface area contributed by atoms with Gasteiger partial charge >= 0.3 is 0 Å². The number of fused-ring (bicyclic) bond motifs is 1. The van der Waals surface area contributed by atoms with E-state index in [9.17, 15) is 13.2 Å². The fourth-order valence-electron chi connectivity index (χ4n) is 3.51. The SMILES string of the molecule is CC1CCN(S(=O)(=O)c2ccc(C(=O)NCc3nc4ccccc4[nH]3)cc2)CC1. The zero-order chi connectivity index (χ0) is 20.4. The molecule has 1 aliphatic heterocycles. The smallest absolute Gasteiger partial charge is 0.251 e. The molecule has 1 aromatic heterocycles. The first kappa shape index (κ1) is 19.6. The number of benzene rings is 2. The predicted octanol–water partition coefficient (Wildman–Crippen LogP) is 2.91. The van der Waals surface area contributed by atoms with E-state index in [1.54, 1.807) is 12.1 Å². The number of carbonyl (C=O) groups excluding carboxylic acids is 1. The van der Waals surface area contributed by atoms with Gasteiger partial charge in [-0.2, -0.15) is 4.31 Å². The molecule has 0 radical (unpaired) electrons. The first-order valence-electron chi connectivity index (χ1n) is 9.75. The van der Waals surface area contributed by atoms with Crippen LogP contribution in [0.3, 0.4) is 0 Å². The van der Waals surface area contributed by atoms with Crippen LogP contribution in [-0.2, 0) is 16.6 Å². The number of imidazole rings is 1. The third kappa shape index (κ3) is 4.18. The lowest BCUT2D eigenvalue weighted by atomic mass is 10.0. The van der Waals surface area contributed by atoms with Crippen molar-refractivity contribution in [3.05, 3.63) is 59.9 Å². The van der Waals surface area contributed by atoms with Crippen LogP contribution in [0.1, 0.15) is 35.9 Å². The Hall–Kier alpha value is -2.71. The van der Waals surface area contributed by atoms with Crippen molar-refractivity contribution in [2.75, 3.05) is 13.1 Å². The number of hydrogen-bond acceptors (Lipinski definition) is 4. The molecule has 0 saturated carbocycles. The number of sulfonamides is 1. The Bertz CT molecular complexity index is 1080. The molecular formula is C21H24N4O3S. The second-order valence-electron chi connectivity index (χ2n) is 7.49. The number of nitrogens with one attached hydrogen (secondary N) is 2. The van der Waals surface area contributed by atoms with E-state index in [-0.39, 0.29) is 17.3 Å². The highest BCUT2D eigenvalue weighted by molar-refractivity contribution is 7.89. The molecule has 29 heavy (non-hydrogen) atoms. The van der Waals surface area contributed by atoms with E-state index < -0.39 is 10.0 Å². The summed E-state index contributed by atoms with van der Waals surface area (Å²) >= 11 is 0. The number of hydrogen-bond donors (Lipinski definition) is 2. The Morgan fingerprint density at radius 3 is 2.52 bits per heavy atom. The second-order valence-corrected chi connectivity index (χ2v) is 9.43. The number of rotatable bonds is 5. The van der Waals surface area contributed by atoms with Crippen LogP contribution in [0.4, 0.5) is 0 Å². The fraction of sp³-hybridized carbons (Fsp3) is 0.333. The Morgan fingerprint density at radius 2 is 1.83 bits per heavy atom. The van der Waals surface area contributed by atoms with Crippen LogP contribution < -0.4 is 5.32 Å². The summed E-state index contributed by atoms with van der Waals surface area (Å²) in [5, 5.41) is 2.81. The van der Waals surface area contributed by atoms with Crippen molar-refractivity contribution in [3.63, 3.8) is 0 Å². The van der Waals surface area contributed by atoms with E-state index in [1.807, 2.05) is 24.3 Å². The first-order chi connectivity index (χ1) is 13.9. The summed E-state index contributed by atoms with van der Waals surface area (Å²) in [5.41, 5.74) is 2.17. The van der Waals surface area contributed by atoms with Crippen LogP contribution in [0.25, 0.3) is 11.0 Å². The number of carbonyl (C=O) groups is 1. The summed E-state index contributed by atoms with van der Waals surface area (Å²) in [6.45, 7) is 3.49. The van der Waals surface area contributed by atoms with Gasteiger partial charge in [-0.15, -0.1) is 0 Å². The molecule has 0 unspecified atom stereocenters. The van der Waals surface area contributed by atoms with Crippen LogP contribution in [0, 0.1) is 5.92 Å². The van der Waals surface area contributed by atoms with E-state index in [0.717, 1.165) is 23.9 Å². The van der Waals surface area contributed by atoms with Crippen molar-refractivity contribution in [1.29, 1.82) is 0 Å². The zero-order valence-electron chi connectivity index (χ0n) is 16.3. The van der Waals surface area contributed by atoms with Gasteiger partial charge in [-0.1, -0.05) is 19.1 Å². The van der Waals surface area contributed by atoms with E-state index in [4.69, 9.17) is 0 Å². The largest absolute Gasteiger partial charge is 0.345 e. The monoisotopic (exact) mass is 412 g/mol. The van der Waals surface area contributed by atoms with Crippen LogP contribution >= 0.6 is 0 Å². The zero-order valence-corrected chi connectivity index (χ0v) is 17.1. The Kier molecular flexibility index (Phi) is 5.38. The van der Waals surface area contributed by atoms with Gasteiger partial charge in [-0.05, 0) is 55.2 Å². The topological polar surface area (TPSA) is 95.2 Å². The van der Waals surface area contributed by atoms with E-state index >= 15 is 0 Å². The molecule has 3 aromatic rings. The highest BCUT2D eigenvalue weighted by Crippen LogP contribution is 2.23. The van der Waals surface area contributed by atoms with Crippen molar-refractivity contribution in [3.8, 4) is 0 Å². The van der Waals surface area contributed by atoms with Gasteiger partial charge in [-0.25, -0.2) is 13.4 Å². The van der Waals surface area contributed by atoms with Gasteiger partial charge in [0.2, 0.25) is 10.0 Å². The molecule has 1 amide bonds. The molecule has 1 aliphatic rings. The Morgan fingerprint density at radius 1 is 1.14 bits per heavy atom. The lowest BCUT2D eigenvalue weighted by molar-refractivity contribution is 0.0950. The lowest BCUT2D eigenvalue weighted by Crippen LogP contribution is -2.37. The van der Waals surface area contributed by atoms with Crippen LogP contribution in [-0.4, -0.2) is 41.7 Å². The molecule has 0 atom stereocenters. The number of piperidine rings is 1. The van der Waals surface area contributed by atoms with E-state index in [2.05, 4.69) is 22.2 Å². The van der Waals surface area contributed by atoms with Gasteiger partial charge in [0.05, 0.1) is 22.5 Å². The minimum absolute atomic E-state index is 0.223. The Balaban J connectivity index is 1.41. The molecule has 2 aromatic carbocycles. The maximum atomic E-state index is 12.8. The molecule has 1 fully saturated rings. The number of H-pyrrole nitrogens is 1. The number of amides is 1. The summed E-state index contributed by atoms with van der Waals surface area (Å²) in [4.78, 5) is 20.2. The number of para-hydroxylation sites is 2. The Labute approximate surface area is 170 Å². The van der Waals surface area contributed by atoms with Gasteiger partial charge in [0, 0.05) is 18.7 Å². The standard InChI is InChI=1S/C21H24N4O3S/c1-15-10-12-25(13-11-15)29(27,28)17-8-6-16(7-9-17)21(26)22-14-20-23-18-4-2-3-5-19(18)24-20/h2-9,15H,10-14H2,1H3,(H,22,26)(H,23,24). The van der Waals surface area contributed by atoms with Crippen molar-refractivity contribution in [2.45, 2.75) is 31.2 Å². The maximum absolute atomic E-state index is 12.8. The number of aromatic nitrogens is 2. The average molecular weight is 413 g/mol. The first-order valence-corrected chi connectivity index (χ1v) is 11.2. The van der Waals surface area contributed by atoms with Crippen LogP contribution in [0.15, 0.2) is 53.4 Å². The molecule has 1 saturated heterocycles. The van der Waals surface area contributed by atoms with Crippen molar-refractivity contribution in [1.82, 2.24) is 19.6 Å². The van der Waals surface area contributed by atoms with Crippen molar-refractivity contribution >= 4 is 27.0 Å². The van der Waals surface area contributed by atoms with E-state index in [1.165, 1.54) is 16.4 Å². The third-order valence-corrected chi connectivity index (χ3v) is 7.26.